The lowest BCUT2D eigenvalue weighted by Crippen LogP contribution is -2.09. The molecule has 360 valence electrons. The molecule has 8 nitrogen and oxygen atoms in total. The van der Waals surface area contributed by atoms with Gasteiger partial charge in [0.2, 0.25) is 0 Å². The van der Waals surface area contributed by atoms with E-state index in [4.69, 9.17) is 9.47 Å². The second-order valence-corrected chi connectivity index (χ2v) is 17.5. The molecule has 10 heteroatoms. The Morgan fingerprint density at radius 2 is 0.735 bits per heavy atom. The van der Waals surface area contributed by atoms with E-state index in [0.717, 1.165) is 68.9 Å². The van der Waals surface area contributed by atoms with E-state index in [-0.39, 0.29) is 22.6 Å². The summed E-state index contributed by atoms with van der Waals surface area (Å²) in [6.07, 6.45) is 30.3. The van der Waals surface area contributed by atoms with Gasteiger partial charge in [-0.05, 0) is 116 Å². The number of rotatable bonds is 26. The van der Waals surface area contributed by atoms with Gasteiger partial charge in [-0.15, -0.1) is 0 Å². The molecule has 0 saturated carbocycles. The SMILES string of the molecule is CCCCCCCCc1ccc(C(=O)Oc2ccc(-c3ncc(CCC)cn3)c(F)c2)cc1.CCCCCCCCc1ccc(C(=O)Oc2ccc(-c3ncc(CCCCC)cn3)c(F)c2)cc1. The first-order valence-corrected chi connectivity index (χ1v) is 25.0. The summed E-state index contributed by atoms with van der Waals surface area (Å²) >= 11 is 0. The average Bonchev–Trinajstić information content (AvgIpc) is 3.35. The number of aromatic nitrogens is 4. The van der Waals surface area contributed by atoms with Crippen molar-refractivity contribution in [3.8, 4) is 34.3 Å². The number of aryl methyl sites for hydroxylation is 4. The molecule has 2 aromatic heterocycles. The molecule has 0 bridgehead atoms. The molecule has 68 heavy (non-hydrogen) atoms. The van der Waals surface area contributed by atoms with Crippen LogP contribution < -0.4 is 9.47 Å². The van der Waals surface area contributed by atoms with Crippen molar-refractivity contribution in [3.05, 3.63) is 155 Å². The summed E-state index contributed by atoms with van der Waals surface area (Å²) in [4.78, 5) is 42.2. The molecule has 0 saturated heterocycles. The number of hydrogen-bond donors (Lipinski definition) is 0. The van der Waals surface area contributed by atoms with Gasteiger partial charge >= 0.3 is 11.9 Å². The van der Waals surface area contributed by atoms with Crippen LogP contribution >= 0.6 is 0 Å². The monoisotopic (exact) mass is 925 g/mol. The molecule has 6 rings (SSSR count). The van der Waals surface area contributed by atoms with Crippen LogP contribution in [-0.2, 0) is 25.7 Å². The Morgan fingerprint density at radius 3 is 1.12 bits per heavy atom. The van der Waals surface area contributed by atoms with Crippen LogP contribution in [0.4, 0.5) is 8.78 Å². The Kier molecular flexibility index (Phi) is 23.0. The maximum atomic E-state index is 14.7. The highest BCUT2D eigenvalue weighted by Crippen LogP contribution is 2.26. The Morgan fingerprint density at radius 1 is 0.397 bits per heavy atom. The van der Waals surface area contributed by atoms with Crippen LogP contribution in [0.5, 0.6) is 11.5 Å². The third kappa shape index (κ3) is 17.8. The number of ether oxygens (including phenoxy) is 2. The summed E-state index contributed by atoms with van der Waals surface area (Å²) in [7, 11) is 0. The Labute approximate surface area is 403 Å². The summed E-state index contributed by atoms with van der Waals surface area (Å²) in [5, 5.41) is 0. The highest BCUT2D eigenvalue weighted by Gasteiger charge is 2.15. The fourth-order valence-electron chi connectivity index (χ4n) is 7.76. The van der Waals surface area contributed by atoms with Crippen molar-refractivity contribution in [2.24, 2.45) is 0 Å². The molecule has 0 unspecified atom stereocenters. The molecule has 0 aliphatic heterocycles. The topological polar surface area (TPSA) is 104 Å². The molecule has 0 atom stereocenters. The molecule has 0 spiro atoms. The maximum absolute atomic E-state index is 14.7. The first-order chi connectivity index (χ1) is 33.2. The highest BCUT2D eigenvalue weighted by atomic mass is 19.1. The van der Waals surface area contributed by atoms with Crippen molar-refractivity contribution >= 4 is 11.9 Å². The first-order valence-electron chi connectivity index (χ1n) is 25.0. The minimum absolute atomic E-state index is 0.153. The number of carbonyl (C=O) groups is 2. The minimum atomic E-state index is -0.530. The number of carbonyl (C=O) groups excluding carboxylic acids is 2. The van der Waals surface area contributed by atoms with Gasteiger partial charge in [-0.1, -0.05) is 135 Å². The van der Waals surface area contributed by atoms with E-state index in [1.807, 2.05) is 24.3 Å². The van der Waals surface area contributed by atoms with Gasteiger partial charge in [-0.25, -0.2) is 38.3 Å². The predicted octanol–water partition coefficient (Wildman–Crippen LogP) is 15.5. The zero-order chi connectivity index (χ0) is 48.4. The predicted molar refractivity (Wildman–Crippen MR) is 269 cm³/mol. The molecule has 0 N–H and O–H groups in total. The van der Waals surface area contributed by atoms with Gasteiger partial charge in [-0.3, -0.25) is 0 Å². The molecular weight excluding hydrogens is 855 g/mol. The summed E-state index contributed by atoms with van der Waals surface area (Å²) in [5.74, 6) is -1.12. The zero-order valence-electron chi connectivity index (χ0n) is 40.7. The molecular formula is C58H70F2N4O4. The van der Waals surface area contributed by atoms with Crippen molar-refractivity contribution in [1.29, 1.82) is 0 Å². The molecule has 0 aliphatic rings. The molecule has 4 aromatic carbocycles. The van der Waals surface area contributed by atoms with Crippen molar-refractivity contribution in [1.82, 2.24) is 19.9 Å². The second kappa shape index (κ2) is 29.6. The lowest BCUT2D eigenvalue weighted by atomic mass is 10.0. The van der Waals surface area contributed by atoms with E-state index in [2.05, 4.69) is 47.6 Å². The summed E-state index contributed by atoms with van der Waals surface area (Å²) < 4.78 is 40.2. The first kappa shape index (κ1) is 52.8. The van der Waals surface area contributed by atoms with Crippen LogP contribution in [0, 0.1) is 11.6 Å². The van der Waals surface area contributed by atoms with Crippen LogP contribution in [-0.4, -0.2) is 31.9 Å². The van der Waals surface area contributed by atoms with Gasteiger partial charge in [0.25, 0.3) is 0 Å². The van der Waals surface area contributed by atoms with Gasteiger partial charge in [0.15, 0.2) is 11.6 Å². The van der Waals surface area contributed by atoms with E-state index in [0.29, 0.717) is 22.8 Å². The van der Waals surface area contributed by atoms with Crippen LogP contribution in [0.3, 0.4) is 0 Å². The van der Waals surface area contributed by atoms with Gasteiger partial charge in [0.05, 0.1) is 22.3 Å². The van der Waals surface area contributed by atoms with Gasteiger partial charge < -0.3 is 9.47 Å². The number of halogens is 2. The van der Waals surface area contributed by atoms with Gasteiger partial charge in [0, 0.05) is 36.9 Å². The van der Waals surface area contributed by atoms with E-state index < -0.39 is 23.6 Å². The van der Waals surface area contributed by atoms with Crippen molar-refractivity contribution < 1.29 is 27.8 Å². The lowest BCUT2D eigenvalue weighted by Gasteiger charge is -2.08. The van der Waals surface area contributed by atoms with Crippen LogP contribution in [0.25, 0.3) is 22.8 Å². The lowest BCUT2D eigenvalue weighted by molar-refractivity contribution is 0.0724. The van der Waals surface area contributed by atoms with E-state index >= 15 is 0 Å². The highest BCUT2D eigenvalue weighted by molar-refractivity contribution is 5.91. The van der Waals surface area contributed by atoms with Gasteiger partial charge in [-0.2, -0.15) is 0 Å². The third-order valence-corrected chi connectivity index (χ3v) is 11.8. The molecule has 6 aromatic rings. The average molecular weight is 925 g/mol. The molecule has 0 fully saturated rings. The second-order valence-electron chi connectivity index (χ2n) is 17.5. The van der Waals surface area contributed by atoms with Crippen LogP contribution in [0.1, 0.15) is 173 Å². The third-order valence-electron chi connectivity index (χ3n) is 11.8. The molecule has 0 amide bonds. The van der Waals surface area contributed by atoms with Crippen molar-refractivity contribution in [3.63, 3.8) is 0 Å². The largest absolute Gasteiger partial charge is 0.423 e. The van der Waals surface area contributed by atoms with E-state index in [1.165, 1.54) is 100.0 Å². The number of hydrogen-bond acceptors (Lipinski definition) is 8. The summed E-state index contributed by atoms with van der Waals surface area (Å²) in [6, 6.07) is 23.6. The normalized spacial score (nSPS) is 10.9. The Bertz CT molecular complexity index is 2410. The standard InChI is InChI=1S/C30H37FN2O2.C28H33FN2O2/c1-3-5-7-8-9-11-12-23-14-16-25(17-15-23)30(34)35-26-18-19-27(28(31)20-26)29-32-21-24(22-33-29)13-10-6-4-2;1-3-5-6-7-8-9-11-21-12-14-23(15-13-21)28(32)33-24-16-17-25(26(29)18-24)27-30-19-22(10-4-2)20-31-27/h14-22H,3-13H2,1-2H3;12-20H,3-11H2,1-2H3. The van der Waals surface area contributed by atoms with E-state index in [9.17, 15) is 18.4 Å². The minimum Gasteiger partial charge on any atom is -0.423 e. The summed E-state index contributed by atoms with van der Waals surface area (Å²) in [5.41, 5.74) is 5.94. The number of benzene rings is 4. The Hall–Kier alpha value is -6.16. The van der Waals surface area contributed by atoms with Crippen LogP contribution in [0.2, 0.25) is 0 Å². The fraction of sp³-hybridized carbons (Fsp3) is 0.414. The quantitative estimate of drug-likeness (QED) is 0.0301. The van der Waals surface area contributed by atoms with Crippen molar-refractivity contribution in [2.75, 3.05) is 0 Å². The van der Waals surface area contributed by atoms with Gasteiger partial charge in [0.1, 0.15) is 23.1 Å². The molecule has 0 radical (unpaired) electrons. The van der Waals surface area contributed by atoms with Crippen LogP contribution in [0.15, 0.2) is 110 Å². The Balaban J connectivity index is 0.000000255. The van der Waals surface area contributed by atoms with E-state index in [1.54, 1.807) is 67.3 Å². The molecule has 0 aliphatic carbocycles. The number of esters is 2. The summed E-state index contributed by atoms with van der Waals surface area (Å²) in [6.45, 7) is 8.69. The maximum Gasteiger partial charge on any atom is 0.343 e. The fourth-order valence-corrected chi connectivity index (χ4v) is 7.76. The smallest absolute Gasteiger partial charge is 0.343 e. The number of unbranched alkanes of at least 4 members (excludes halogenated alkanes) is 12. The number of nitrogens with zero attached hydrogens (tertiary/aromatic N) is 4. The molecule has 2 heterocycles. The zero-order valence-corrected chi connectivity index (χ0v) is 40.7. The van der Waals surface area contributed by atoms with Crippen molar-refractivity contribution in [2.45, 2.75) is 156 Å².